The average Bonchev–Trinajstić information content (AvgIpc) is 3.14. The molecule has 54 heavy (non-hydrogen) atoms. The van der Waals surface area contributed by atoms with E-state index in [1.165, 1.54) is 72.8 Å². The highest BCUT2D eigenvalue weighted by molar-refractivity contribution is 5.89. The Labute approximate surface area is 305 Å². The van der Waals surface area contributed by atoms with Gasteiger partial charge in [-0.2, -0.15) is 0 Å². The molecule has 6 rings (SSSR count). The molecule has 1 aliphatic heterocycles. The highest BCUT2D eigenvalue weighted by Crippen LogP contribution is 2.38. The van der Waals surface area contributed by atoms with Crippen LogP contribution in [-0.2, 0) is 23.8 Å². The Morgan fingerprint density at radius 2 is 1.26 bits per heavy atom. The summed E-state index contributed by atoms with van der Waals surface area (Å²) in [4.78, 5) is 39.5. The van der Waals surface area contributed by atoms with Crippen molar-refractivity contribution in [3.8, 4) is 45.8 Å². The van der Waals surface area contributed by atoms with Crippen molar-refractivity contribution in [2.75, 3.05) is 6.61 Å². The van der Waals surface area contributed by atoms with Crippen LogP contribution in [0.1, 0.15) is 11.1 Å². The van der Waals surface area contributed by atoms with Gasteiger partial charge in [0.25, 0.3) is 0 Å². The third-order valence-electron chi connectivity index (χ3n) is 8.18. The summed E-state index contributed by atoms with van der Waals surface area (Å²) in [5.74, 6) is -4.01. The lowest BCUT2D eigenvalue weighted by Crippen LogP contribution is -2.61. The van der Waals surface area contributed by atoms with Crippen LogP contribution in [-0.4, -0.2) is 85.0 Å². The fourth-order valence-corrected chi connectivity index (χ4v) is 5.46. The maximum Gasteiger partial charge on any atom is 0.331 e. The molecule has 0 spiro atoms. The second-order valence-corrected chi connectivity index (χ2v) is 12.0. The summed E-state index contributed by atoms with van der Waals surface area (Å²) in [6.45, 7) is -0.666. The van der Waals surface area contributed by atoms with Crippen molar-refractivity contribution < 1.29 is 68.7 Å². The van der Waals surface area contributed by atoms with E-state index >= 15 is 0 Å². The van der Waals surface area contributed by atoms with Gasteiger partial charge in [0.2, 0.25) is 17.5 Å². The first-order chi connectivity index (χ1) is 25.9. The minimum Gasteiger partial charge on any atom is -0.508 e. The summed E-state index contributed by atoms with van der Waals surface area (Å²) in [5, 5.41) is 71.7. The maximum absolute atomic E-state index is 13.9. The molecule has 5 atom stereocenters. The predicted octanol–water partition coefficient (Wildman–Crippen LogP) is 3.70. The van der Waals surface area contributed by atoms with Gasteiger partial charge in [-0.1, -0.05) is 24.3 Å². The van der Waals surface area contributed by atoms with Gasteiger partial charge in [0.15, 0.2) is 18.0 Å². The number of hydrogen-bond acceptors (Lipinski definition) is 15. The molecule has 278 valence electrons. The second-order valence-electron chi connectivity index (χ2n) is 12.0. The molecule has 2 heterocycles. The van der Waals surface area contributed by atoms with E-state index in [0.29, 0.717) is 11.1 Å². The zero-order valence-electron chi connectivity index (χ0n) is 27.9. The highest BCUT2D eigenvalue weighted by atomic mass is 16.7. The van der Waals surface area contributed by atoms with Crippen LogP contribution in [0.4, 0.5) is 0 Å². The molecule has 0 amide bonds. The third kappa shape index (κ3) is 8.45. The molecule has 0 bridgehead atoms. The van der Waals surface area contributed by atoms with Crippen LogP contribution < -0.4 is 10.2 Å². The number of phenols is 5. The fraction of sp³-hybridized carbons (Fsp3) is 0.154. The first-order valence-corrected chi connectivity index (χ1v) is 16.2. The molecule has 7 N–H and O–H groups in total. The standard InChI is InChI=1S/C39H32O15/c40-23-9-1-20(2-10-23)5-15-30(45)50-19-29-33(47)37(53-31(46)16-6-21-3-11-24(41)12-4-21)35(49)39(52-29)54-38-34(48)32-27(44)17-26(43)18-28(32)51-36(38)22-7-13-25(42)14-8-22/h1-18,29,33,35,37,39-44,47,49H,19H2/t29?,33-,35?,37?,39+/m1/s1. The van der Waals surface area contributed by atoms with Crippen molar-refractivity contribution >= 4 is 35.1 Å². The van der Waals surface area contributed by atoms with E-state index in [2.05, 4.69) is 0 Å². The number of ether oxygens (including phenoxy) is 4. The van der Waals surface area contributed by atoms with Gasteiger partial charge in [-0.05, 0) is 71.8 Å². The minimum atomic E-state index is -2.00. The molecule has 5 aromatic rings. The molecular weight excluding hydrogens is 708 g/mol. The number of carbonyl (C=O) groups is 2. The average molecular weight is 741 g/mol. The van der Waals surface area contributed by atoms with E-state index in [1.807, 2.05) is 0 Å². The summed E-state index contributed by atoms with van der Waals surface area (Å²) in [6.07, 6.45) is -4.24. The molecule has 1 aromatic heterocycles. The number of rotatable bonds is 10. The highest BCUT2D eigenvalue weighted by Gasteiger charge is 2.49. The summed E-state index contributed by atoms with van der Waals surface area (Å²) in [5.41, 5.74) is 0.00793. The number of fused-ring (bicyclic) bond motifs is 1. The minimum absolute atomic E-state index is 0.000756. The van der Waals surface area contributed by atoms with Gasteiger partial charge in [0.1, 0.15) is 58.5 Å². The molecule has 1 saturated heterocycles. The smallest absolute Gasteiger partial charge is 0.331 e. The Morgan fingerprint density at radius 3 is 1.85 bits per heavy atom. The zero-order valence-corrected chi connectivity index (χ0v) is 27.9. The number of phenolic OH excluding ortho intramolecular Hbond substituents is 5. The van der Waals surface area contributed by atoms with Crippen LogP contribution in [0.25, 0.3) is 34.4 Å². The first-order valence-electron chi connectivity index (χ1n) is 16.2. The topological polar surface area (TPSA) is 243 Å². The number of aliphatic hydroxyl groups excluding tert-OH is 2. The zero-order chi connectivity index (χ0) is 38.5. The van der Waals surface area contributed by atoms with E-state index in [4.69, 9.17) is 23.4 Å². The lowest BCUT2D eigenvalue weighted by atomic mass is 9.98. The van der Waals surface area contributed by atoms with E-state index in [9.17, 15) is 50.1 Å². The van der Waals surface area contributed by atoms with Crippen molar-refractivity contribution in [1.29, 1.82) is 0 Å². The lowest BCUT2D eigenvalue weighted by Gasteiger charge is -2.41. The van der Waals surface area contributed by atoms with Gasteiger partial charge in [-0.25, -0.2) is 9.59 Å². The van der Waals surface area contributed by atoms with Crippen molar-refractivity contribution in [1.82, 2.24) is 0 Å². The van der Waals surface area contributed by atoms with Crippen LogP contribution in [0, 0.1) is 0 Å². The lowest BCUT2D eigenvalue weighted by molar-refractivity contribution is -0.281. The van der Waals surface area contributed by atoms with Crippen LogP contribution in [0.15, 0.2) is 106 Å². The van der Waals surface area contributed by atoms with Crippen LogP contribution in [0.3, 0.4) is 0 Å². The molecule has 3 unspecified atom stereocenters. The monoisotopic (exact) mass is 740 g/mol. The largest absolute Gasteiger partial charge is 0.508 e. The third-order valence-corrected chi connectivity index (χ3v) is 8.18. The van der Waals surface area contributed by atoms with Gasteiger partial charge in [0.05, 0.1) is 0 Å². The van der Waals surface area contributed by atoms with Crippen LogP contribution in [0.5, 0.6) is 34.5 Å². The van der Waals surface area contributed by atoms with Crippen LogP contribution in [0.2, 0.25) is 0 Å². The Bertz CT molecular complexity index is 2260. The fourth-order valence-electron chi connectivity index (χ4n) is 5.46. The molecule has 0 radical (unpaired) electrons. The summed E-state index contributed by atoms with van der Waals surface area (Å²) < 4.78 is 28.3. The second kappa shape index (κ2) is 15.8. The molecule has 15 heteroatoms. The van der Waals surface area contributed by atoms with Gasteiger partial charge >= 0.3 is 11.9 Å². The molecular formula is C39H32O15. The quantitative estimate of drug-likeness (QED) is 0.0798. The molecule has 15 nitrogen and oxygen atoms in total. The number of carbonyl (C=O) groups excluding carboxylic acids is 2. The Kier molecular flexibility index (Phi) is 10.8. The molecule has 4 aromatic carbocycles. The maximum atomic E-state index is 13.9. The summed E-state index contributed by atoms with van der Waals surface area (Å²) in [6, 6.07) is 19.0. The van der Waals surface area contributed by atoms with E-state index < -0.39 is 77.3 Å². The number of esters is 2. The normalized spacial score (nSPS) is 19.9. The van der Waals surface area contributed by atoms with E-state index in [1.54, 1.807) is 12.1 Å². The number of benzene rings is 4. The van der Waals surface area contributed by atoms with Gasteiger partial charge in [-0.15, -0.1) is 0 Å². The number of aliphatic hydroxyl groups is 2. The van der Waals surface area contributed by atoms with Crippen molar-refractivity contribution in [3.05, 3.63) is 118 Å². The Balaban J connectivity index is 1.32. The molecule has 0 saturated carbocycles. The molecule has 0 aliphatic carbocycles. The van der Waals surface area contributed by atoms with Gasteiger partial charge < -0.3 is 59.1 Å². The summed E-state index contributed by atoms with van der Waals surface area (Å²) >= 11 is 0. The van der Waals surface area contributed by atoms with Gasteiger partial charge in [0, 0.05) is 29.8 Å². The van der Waals surface area contributed by atoms with Crippen molar-refractivity contribution in [2.45, 2.75) is 30.7 Å². The SMILES string of the molecule is O=C(C=Cc1ccc(O)cc1)OCC1O[C@@H](Oc2c(-c3ccc(O)cc3)oc3cc(O)cc(O)c3c2=O)C(O)C(OC(=O)C=Cc2ccc(O)cc2)[C@@H]1O. The van der Waals surface area contributed by atoms with E-state index in [0.717, 1.165) is 24.3 Å². The number of hydrogen-bond donors (Lipinski definition) is 7. The summed E-state index contributed by atoms with van der Waals surface area (Å²) in [7, 11) is 0. The predicted molar refractivity (Wildman–Crippen MR) is 189 cm³/mol. The van der Waals surface area contributed by atoms with Crippen molar-refractivity contribution in [2.24, 2.45) is 0 Å². The Morgan fingerprint density at radius 1 is 0.704 bits per heavy atom. The molecule has 1 aliphatic rings. The van der Waals surface area contributed by atoms with Gasteiger partial charge in [-0.3, -0.25) is 4.79 Å². The molecule has 1 fully saturated rings. The number of aromatic hydroxyl groups is 5. The van der Waals surface area contributed by atoms with Crippen molar-refractivity contribution in [3.63, 3.8) is 0 Å². The van der Waals surface area contributed by atoms with Crippen LogP contribution >= 0.6 is 0 Å². The first kappa shape index (κ1) is 37.0. The Hall–Kier alpha value is -6.81. The van der Waals surface area contributed by atoms with E-state index in [-0.39, 0.29) is 34.2 Å².